The first kappa shape index (κ1) is 18.3. The minimum absolute atomic E-state index is 0.0714. The summed E-state index contributed by atoms with van der Waals surface area (Å²) in [5.74, 6) is 2.03. The lowest BCUT2D eigenvalue weighted by Gasteiger charge is -2.23. The molecule has 3 saturated heterocycles. The van der Waals surface area contributed by atoms with Gasteiger partial charge >= 0.3 is 0 Å². The van der Waals surface area contributed by atoms with Gasteiger partial charge in [0.15, 0.2) is 0 Å². The van der Waals surface area contributed by atoms with Gasteiger partial charge in [-0.3, -0.25) is 4.79 Å². The van der Waals surface area contributed by atoms with Crippen molar-refractivity contribution in [3.8, 4) is 5.75 Å². The highest BCUT2D eigenvalue weighted by molar-refractivity contribution is 6.07. The molecule has 4 heterocycles. The predicted molar refractivity (Wildman–Crippen MR) is 112 cm³/mol. The number of rotatable bonds is 4. The van der Waals surface area contributed by atoms with Gasteiger partial charge in [-0.15, -0.1) is 0 Å². The average molecular weight is 390 g/mol. The van der Waals surface area contributed by atoms with Gasteiger partial charge in [-0.2, -0.15) is 0 Å². The highest BCUT2D eigenvalue weighted by Crippen LogP contribution is 2.32. The molecule has 0 unspecified atom stereocenters. The van der Waals surface area contributed by atoms with E-state index in [-0.39, 0.29) is 5.91 Å². The SMILES string of the molecule is Cc1oc2ccc(OCc3ccccc3)cc2c1C(=O)N1C[C@H]2CC[C@@H](C1)NC2. The minimum Gasteiger partial charge on any atom is -0.489 e. The zero-order valence-corrected chi connectivity index (χ0v) is 16.7. The Morgan fingerprint density at radius 1 is 1.17 bits per heavy atom. The number of ether oxygens (including phenoxy) is 1. The van der Waals surface area contributed by atoms with Crippen LogP contribution in [0.25, 0.3) is 11.0 Å². The second-order valence-corrected chi connectivity index (χ2v) is 8.22. The number of benzene rings is 2. The van der Waals surface area contributed by atoms with E-state index < -0.39 is 0 Å². The number of carbonyl (C=O) groups excluding carboxylic acids is 1. The van der Waals surface area contributed by atoms with Crippen LogP contribution < -0.4 is 10.1 Å². The summed E-state index contributed by atoms with van der Waals surface area (Å²) in [7, 11) is 0. The number of piperidine rings is 1. The molecule has 3 aliphatic heterocycles. The van der Waals surface area contributed by atoms with Crippen molar-refractivity contribution in [3.63, 3.8) is 0 Å². The van der Waals surface area contributed by atoms with E-state index in [9.17, 15) is 4.79 Å². The Labute approximate surface area is 170 Å². The van der Waals surface area contributed by atoms with E-state index in [4.69, 9.17) is 9.15 Å². The van der Waals surface area contributed by atoms with E-state index in [0.29, 0.717) is 29.9 Å². The fourth-order valence-corrected chi connectivity index (χ4v) is 4.56. The molecule has 6 rings (SSSR count). The number of furan rings is 1. The lowest BCUT2D eigenvalue weighted by molar-refractivity contribution is 0.0748. The van der Waals surface area contributed by atoms with Crippen LogP contribution in [-0.2, 0) is 6.61 Å². The summed E-state index contributed by atoms with van der Waals surface area (Å²) < 4.78 is 11.9. The first-order chi connectivity index (χ1) is 14.2. The van der Waals surface area contributed by atoms with Crippen LogP contribution in [0, 0.1) is 12.8 Å². The normalized spacial score (nSPS) is 21.3. The van der Waals surface area contributed by atoms with Gasteiger partial charge < -0.3 is 19.4 Å². The molecule has 0 spiro atoms. The Hall–Kier alpha value is -2.79. The Kier molecular flexibility index (Phi) is 4.76. The molecular weight excluding hydrogens is 364 g/mol. The van der Waals surface area contributed by atoms with Crippen molar-refractivity contribution < 1.29 is 13.9 Å². The monoisotopic (exact) mass is 390 g/mol. The van der Waals surface area contributed by atoms with Crippen LogP contribution in [0.5, 0.6) is 5.75 Å². The average Bonchev–Trinajstić information content (AvgIpc) is 2.90. The van der Waals surface area contributed by atoms with Gasteiger partial charge in [-0.05, 0) is 56.0 Å². The van der Waals surface area contributed by atoms with Crippen LogP contribution >= 0.6 is 0 Å². The largest absolute Gasteiger partial charge is 0.489 e. The number of amides is 1. The smallest absolute Gasteiger partial charge is 0.258 e. The summed E-state index contributed by atoms with van der Waals surface area (Å²) in [6.45, 7) is 4.97. The molecule has 0 aliphatic carbocycles. The summed E-state index contributed by atoms with van der Waals surface area (Å²) >= 11 is 0. The molecule has 29 heavy (non-hydrogen) atoms. The summed E-state index contributed by atoms with van der Waals surface area (Å²) in [5, 5.41) is 4.40. The van der Waals surface area contributed by atoms with Crippen molar-refractivity contribution in [3.05, 3.63) is 65.4 Å². The third-order valence-electron chi connectivity index (χ3n) is 6.12. The van der Waals surface area contributed by atoms with Crippen LogP contribution in [0.15, 0.2) is 52.9 Å². The van der Waals surface area contributed by atoms with Gasteiger partial charge in [0.1, 0.15) is 23.7 Å². The number of aryl methyl sites for hydroxylation is 1. The van der Waals surface area contributed by atoms with Crippen molar-refractivity contribution in [1.29, 1.82) is 0 Å². The Balaban J connectivity index is 1.42. The molecule has 0 saturated carbocycles. The van der Waals surface area contributed by atoms with E-state index in [2.05, 4.69) is 5.32 Å². The maximum Gasteiger partial charge on any atom is 0.258 e. The first-order valence-corrected chi connectivity index (χ1v) is 10.4. The molecule has 3 fully saturated rings. The number of hydrogen-bond donors (Lipinski definition) is 1. The summed E-state index contributed by atoms with van der Waals surface area (Å²) in [5.41, 5.74) is 2.51. The molecule has 2 bridgehead atoms. The fourth-order valence-electron chi connectivity index (χ4n) is 4.56. The molecule has 2 atom stereocenters. The lowest BCUT2D eigenvalue weighted by Crippen LogP contribution is -2.40. The van der Waals surface area contributed by atoms with E-state index in [0.717, 1.165) is 48.3 Å². The summed E-state index contributed by atoms with van der Waals surface area (Å²) in [6.07, 6.45) is 2.35. The Bertz CT molecular complexity index is 1010. The quantitative estimate of drug-likeness (QED) is 0.727. The van der Waals surface area contributed by atoms with Crippen molar-refractivity contribution in [1.82, 2.24) is 10.2 Å². The van der Waals surface area contributed by atoms with Gasteiger partial charge in [0.25, 0.3) is 5.91 Å². The summed E-state index contributed by atoms with van der Waals surface area (Å²) in [4.78, 5) is 15.5. The maximum absolute atomic E-state index is 13.5. The molecule has 3 aliphatic rings. The number of nitrogens with one attached hydrogen (secondary N) is 1. The fraction of sp³-hybridized carbons (Fsp3) is 0.375. The van der Waals surface area contributed by atoms with Gasteiger partial charge in [0.2, 0.25) is 0 Å². The second kappa shape index (κ2) is 7.56. The highest BCUT2D eigenvalue weighted by Gasteiger charge is 2.33. The third-order valence-corrected chi connectivity index (χ3v) is 6.12. The van der Waals surface area contributed by atoms with Crippen LogP contribution in [0.1, 0.15) is 34.5 Å². The van der Waals surface area contributed by atoms with E-state index in [1.165, 1.54) is 6.42 Å². The topological polar surface area (TPSA) is 54.7 Å². The zero-order valence-electron chi connectivity index (χ0n) is 16.7. The van der Waals surface area contributed by atoms with Crippen LogP contribution in [-0.4, -0.2) is 36.5 Å². The number of nitrogens with zero attached hydrogens (tertiary/aromatic N) is 1. The van der Waals surface area contributed by atoms with Crippen molar-refractivity contribution >= 4 is 16.9 Å². The molecule has 5 nitrogen and oxygen atoms in total. The molecule has 1 aromatic heterocycles. The minimum atomic E-state index is 0.0714. The highest BCUT2D eigenvalue weighted by atomic mass is 16.5. The second-order valence-electron chi connectivity index (χ2n) is 8.22. The molecule has 150 valence electrons. The number of hydrogen-bond acceptors (Lipinski definition) is 4. The van der Waals surface area contributed by atoms with Gasteiger partial charge in [-0.25, -0.2) is 0 Å². The van der Waals surface area contributed by atoms with Crippen molar-refractivity contribution in [2.75, 3.05) is 19.6 Å². The Morgan fingerprint density at radius 3 is 2.83 bits per heavy atom. The molecule has 2 aromatic carbocycles. The Morgan fingerprint density at radius 2 is 2.03 bits per heavy atom. The van der Waals surface area contributed by atoms with Crippen LogP contribution in [0.3, 0.4) is 0 Å². The standard InChI is InChI=1S/C24H26N2O3/c1-16-23(24(27)26-13-18-7-8-19(14-26)25-12-18)21-11-20(9-10-22(21)29-16)28-15-17-5-3-2-4-6-17/h2-6,9-11,18-19,25H,7-8,12-15H2,1H3/t18-,19-/m0/s1. The molecule has 1 amide bonds. The van der Waals surface area contributed by atoms with Gasteiger partial charge in [0.05, 0.1) is 5.56 Å². The third kappa shape index (κ3) is 3.62. The van der Waals surface area contributed by atoms with Gasteiger partial charge in [0, 0.05) is 24.5 Å². The first-order valence-electron chi connectivity index (χ1n) is 10.4. The molecule has 3 aromatic rings. The molecular formula is C24H26N2O3. The van der Waals surface area contributed by atoms with E-state index in [1.54, 1.807) is 0 Å². The van der Waals surface area contributed by atoms with Crippen LogP contribution in [0.2, 0.25) is 0 Å². The maximum atomic E-state index is 13.5. The zero-order chi connectivity index (χ0) is 19.8. The molecule has 0 radical (unpaired) electrons. The number of carbonyl (C=O) groups is 1. The van der Waals surface area contributed by atoms with Crippen molar-refractivity contribution in [2.24, 2.45) is 5.92 Å². The van der Waals surface area contributed by atoms with Crippen molar-refractivity contribution in [2.45, 2.75) is 32.4 Å². The van der Waals surface area contributed by atoms with Crippen LogP contribution in [0.4, 0.5) is 0 Å². The molecule has 5 heteroatoms. The predicted octanol–water partition coefficient (Wildman–Crippen LogP) is 4.14. The number of fused-ring (bicyclic) bond motifs is 5. The summed E-state index contributed by atoms with van der Waals surface area (Å²) in [6, 6.07) is 16.2. The van der Waals surface area contributed by atoms with E-state index in [1.807, 2.05) is 60.4 Å². The van der Waals surface area contributed by atoms with E-state index >= 15 is 0 Å². The lowest BCUT2D eigenvalue weighted by atomic mass is 9.97. The molecule has 1 N–H and O–H groups in total. The van der Waals surface area contributed by atoms with Gasteiger partial charge in [-0.1, -0.05) is 30.3 Å².